The zero-order valence-electron chi connectivity index (χ0n) is 15.3. The number of nitrogens with zero attached hydrogens (tertiary/aromatic N) is 2. The summed E-state index contributed by atoms with van der Waals surface area (Å²) < 4.78 is 14.2. The SMILES string of the molecule is COc1ccc(CN[C@H](C)c2ccccc2)cc1-c1ccc2nsnc2c1. The van der Waals surface area contributed by atoms with Gasteiger partial charge in [0.15, 0.2) is 0 Å². The molecule has 0 spiro atoms. The summed E-state index contributed by atoms with van der Waals surface area (Å²) >= 11 is 1.24. The predicted octanol–water partition coefficient (Wildman–Crippen LogP) is 5.22. The highest BCUT2D eigenvalue weighted by atomic mass is 32.1. The lowest BCUT2D eigenvalue weighted by atomic mass is 10.0. The predicted molar refractivity (Wildman–Crippen MR) is 111 cm³/mol. The number of methoxy groups -OCH3 is 1. The minimum atomic E-state index is 0.286. The normalized spacial score (nSPS) is 12.2. The minimum Gasteiger partial charge on any atom is -0.496 e. The highest BCUT2D eigenvalue weighted by molar-refractivity contribution is 7.00. The van der Waals surface area contributed by atoms with Crippen molar-refractivity contribution < 1.29 is 4.74 Å². The average molecular weight is 375 g/mol. The Labute approximate surface area is 163 Å². The molecule has 0 aliphatic carbocycles. The molecule has 1 aromatic heterocycles. The second-order valence-electron chi connectivity index (χ2n) is 6.52. The van der Waals surface area contributed by atoms with Gasteiger partial charge in [-0.15, -0.1) is 0 Å². The summed E-state index contributed by atoms with van der Waals surface area (Å²) in [6, 6.07) is 23.2. The van der Waals surface area contributed by atoms with Gasteiger partial charge in [-0.2, -0.15) is 8.75 Å². The van der Waals surface area contributed by atoms with Crippen LogP contribution in [0.1, 0.15) is 24.1 Å². The fourth-order valence-electron chi connectivity index (χ4n) is 3.17. The third-order valence-electron chi connectivity index (χ3n) is 4.74. The first-order valence-electron chi connectivity index (χ1n) is 8.92. The molecule has 0 aliphatic rings. The number of nitrogens with one attached hydrogen (secondary N) is 1. The fraction of sp³-hybridized carbons (Fsp3) is 0.182. The van der Waals surface area contributed by atoms with E-state index in [1.165, 1.54) is 22.9 Å². The van der Waals surface area contributed by atoms with Crippen LogP contribution in [0.5, 0.6) is 5.75 Å². The number of hydrogen-bond donors (Lipinski definition) is 1. The van der Waals surface area contributed by atoms with Crippen molar-refractivity contribution in [3.05, 3.63) is 77.9 Å². The van der Waals surface area contributed by atoms with Crippen molar-refractivity contribution in [2.45, 2.75) is 19.5 Å². The molecule has 0 aliphatic heterocycles. The number of fused-ring (bicyclic) bond motifs is 1. The molecular weight excluding hydrogens is 354 g/mol. The van der Waals surface area contributed by atoms with Crippen LogP contribution in [0.25, 0.3) is 22.2 Å². The molecule has 3 aromatic carbocycles. The fourth-order valence-corrected chi connectivity index (χ4v) is 3.69. The summed E-state index contributed by atoms with van der Waals surface area (Å²) in [5, 5.41) is 3.60. The molecule has 4 nitrogen and oxygen atoms in total. The van der Waals surface area contributed by atoms with E-state index < -0.39 is 0 Å². The Hall–Kier alpha value is -2.76. The lowest BCUT2D eigenvalue weighted by molar-refractivity contribution is 0.416. The van der Waals surface area contributed by atoms with Crippen LogP contribution in [-0.4, -0.2) is 15.9 Å². The third kappa shape index (κ3) is 3.84. The second kappa shape index (κ2) is 7.86. The summed E-state index contributed by atoms with van der Waals surface area (Å²) in [6.45, 7) is 2.97. The molecule has 0 radical (unpaired) electrons. The maximum absolute atomic E-state index is 5.59. The summed E-state index contributed by atoms with van der Waals surface area (Å²) in [5.41, 5.74) is 6.50. The van der Waals surface area contributed by atoms with E-state index in [1.807, 2.05) is 18.2 Å². The monoisotopic (exact) mass is 375 g/mol. The van der Waals surface area contributed by atoms with E-state index >= 15 is 0 Å². The lowest BCUT2D eigenvalue weighted by Crippen LogP contribution is -2.18. The Kier molecular flexibility index (Phi) is 5.14. The number of hydrogen-bond acceptors (Lipinski definition) is 5. The van der Waals surface area contributed by atoms with Crippen LogP contribution in [0, 0.1) is 0 Å². The van der Waals surface area contributed by atoms with Crippen LogP contribution in [0.15, 0.2) is 66.7 Å². The Morgan fingerprint density at radius 3 is 2.59 bits per heavy atom. The highest BCUT2D eigenvalue weighted by Gasteiger charge is 2.10. The molecule has 0 fully saturated rings. The van der Waals surface area contributed by atoms with Gasteiger partial charge in [-0.1, -0.05) is 42.5 Å². The van der Waals surface area contributed by atoms with E-state index in [0.717, 1.165) is 34.5 Å². The topological polar surface area (TPSA) is 47.0 Å². The quantitative estimate of drug-likeness (QED) is 0.502. The van der Waals surface area contributed by atoms with Crippen molar-refractivity contribution in [1.82, 2.24) is 14.1 Å². The molecule has 27 heavy (non-hydrogen) atoms. The molecule has 0 amide bonds. The van der Waals surface area contributed by atoms with Gasteiger partial charge < -0.3 is 10.1 Å². The molecule has 4 rings (SSSR count). The summed E-state index contributed by atoms with van der Waals surface area (Å²) in [5.74, 6) is 0.859. The highest BCUT2D eigenvalue weighted by Crippen LogP contribution is 2.32. The number of benzene rings is 3. The van der Waals surface area contributed by atoms with Crippen LogP contribution in [0.3, 0.4) is 0 Å². The van der Waals surface area contributed by atoms with Crippen molar-refractivity contribution in [3.8, 4) is 16.9 Å². The summed E-state index contributed by atoms with van der Waals surface area (Å²) in [6.07, 6.45) is 0. The van der Waals surface area contributed by atoms with Crippen molar-refractivity contribution >= 4 is 22.8 Å². The number of ether oxygens (including phenoxy) is 1. The van der Waals surface area contributed by atoms with Crippen molar-refractivity contribution in [2.75, 3.05) is 7.11 Å². The van der Waals surface area contributed by atoms with E-state index in [0.29, 0.717) is 0 Å². The standard InChI is InChI=1S/C22H21N3OS/c1-15(17-6-4-3-5-7-17)23-14-16-8-11-22(26-2)19(12-16)18-9-10-20-21(13-18)25-27-24-20/h3-13,15,23H,14H2,1-2H3/t15-/m1/s1. The summed E-state index contributed by atoms with van der Waals surface area (Å²) in [7, 11) is 1.71. The van der Waals surface area contributed by atoms with Gasteiger partial charge in [0, 0.05) is 18.2 Å². The molecule has 136 valence electrons. The maximum atomic E-state index is 5.59. The van der Waals surface area contributed by atoms with Gasteiger partial charge in [0.1, 0.15) is 16.8 Å². The number of aromatic nitrogens is 2. The molecule has 0 bridgehead atoms. The largest absolute Gasteiger partial charge is 0.496 e. The second-order valence-corrected chi connectivity index (χ2v) is 7.04. The Bertz CT molecular complexity index is 1050. The molecule has 0 unspecified atom stereocenters. The van der Waals surface area contributed by atoms with Gasteiger partial charge in [-0.25, -0.2) is 0 Å². The van der Waals surface area contributed by atoms with Crippen LogP contribution in [0.4, 0.5) is 0 Å². The minimum absolute atomic E-state index is 0.286. The van der Waals surface area contributed by atoms with Crippen molar-refractivity contribution in [2.24, 2.45) is 0 Å². The van der Waals surface area contributed by atoms with E-state index in [2.05, 4.69) is 69.5 Å². The molecule has 5 heteroatoms. The van der Waals surface area contributed by atoms with E-state index in [-0.39, 0.29) is 6.04 Å². The third-order valence-corrected chi connectivity index (χ3v) is 5.30. The average Bonchev–Trinajstić information content (AvgIpc) is 3.20. The first kappa shape index (κ1) is 17.6. The first-order chi connectivity index (χ1) is 13.2. The number of rotatable bonds is 6. The van der Waals surface area contributed by atoms with E-state index in [4.69, 9.17) is 4.74 Å². The molecule has 1 atom stereocenters. The molecule has 0 saturated heterocycles. The van der Waals surface area contributed by atoms with Gasteiger partial charge in [-0.3, -0.25) is 0 Å². The maximum Gasteiger partial charge on any atom is 0.126 e. The van der Waals surface area contributed by atoms with Crippen molar-refractivity contribution in [3.63, 3.8) is 0 Å². The molecule has 4 aromatic rings. The molecule has 1 heterocycles. The molecular formula is C22H21N3OS. The molecule has 0 saturated carbocycles. The van der Waals surface area contributed by atoms with Crippen molar-refractivity contribution in [1.29, 1.82) is 0 Å². The van der Waals surface area contributed by atoms with Crippen LogP contribution in [0.2, 0.25) is 0 Å². The van der Waals surface area contributed by atoms with Gasteiger partial charge in [-0.05, 0) is 47.9 Å². The van der Waals surface area contributed by atoms with Crippen LogP contribution >= 0.6 is 11.7 Å². The smallest absolute Gasteiger partial charge is 0.126 e. The summed E-state index contributed by atoms with van der Waals surface area (Å²) in [4.78, 5) is 0. The Balaban J connectivity index is 1.59. The zero-order chi connectivity index (χ0) is 18.6. The van der Waals surface area contributed by atoms with E-state index in [1.54, 1.807) is 7.11 Å². The Morgan fingerprint density at radius 1 is 0.963 bits per heavy atom. The van der Waals surface area contributed by atoms with Crippen LogP contribution in [-0.2, 0) is 6.54 Å². The van der Waals surface area contributed by atoms with Gasteiger partial charge in [0.25, 0.3) is 0 Å². The zero-order valence-corrected chi connectivity index (χ0v) is 16.2. The van der Waals surface area contributed by atoms with E-state index in [9.17, 15) is 0 Å². The van der Waals surface area contributed by atoms with Gasteiger partial charge in [0.2, 0.25) is 0 Å². The lowest BCUT2D eigenvalue weighted by Gasteiger charge is -2.16. The van der Waals surface area contributed by atoms with Crippen LogP contribution < -0.4 is 10.1 Å². The van der Waals surface area contributed by atoms with Gasteiger partial charge in [0.05, 0.1) is 18.8 Å². The van der Waals surface area contributed by atoms with Gasteiger partial charge >= 0.3 is 0 Å². The Morgan fingerprint density at radius 2 is 1.78 bits per heavy atom. The first-order valence-corrected chi connectivity index (χ1v) is 9.65. The molecule has 1 N–H and O–H groups in total.